The van der Waals surface area contributed by atoms with Gasteiger partial charge in [0, 0.05) is 25.4 Å². The minimum Gasteiger partial charge on any atom is -0.518 e. The zero-order chi connectivity index (χ0) is 24.5. The molecule has 4 nitrogen and oxygen atoms in total. The van der Waals surface area contributed by atoms with Crippen molar-refractivity contribution >= 4 is 28.3 Å². The lowest BCUT2D eigenvalue weighted by Gasteiger charge is -2.42. The standard InChI is InChI=1S/C26H49NO3Si2/c1-11-29-31(9,10)19-15-18-27(25-16-13-12-14-17-25)20-24(8)26(28)30-32(21(2)3,22(4)5)23(6)7/h12-14,16-17,21-24H,11,15,18-20H2,1-10H3. The molecule has 6 heteroatoms. The Kier molecular flexibility index (Phi) is 11.7. The van der Waals surface area contributed by atoms with Crippen LogP contribution in [0.25, 0.3) is 0 Å². The van der Waals surface area contributed by atoms with Crippen molar-refractivity contribution in [3.05, 3.63) is 30.3 Å². The molecule has 0 bridgehead atoms. The Hall–Kier alpha value is -1.12. The van der Waals surface area contributed by atoms with E-state index in [0.717, 1.165) is 25.6 Å². The first-order chi connectivity index (χ1) is 14.9. The van der Waals surface area contributed by atoms with Crippen molar-refractivity contribution < 1.29 is 13.6 Å². The summed E-state index contributed by atoms with van der Waals surface area (Å²) in [6.07, 6.45) is 1.07. The summed E-state index contributed by atoms with van der Waals surface area (Å²) in [6.45, 7) is 24.4. The average molecular weight is 480 g/mol. The van der Waals surface area contributed by atoms with Crippen LogP contribution in [0.5, 0.6) is 0 Å². The van der Waals surface area contributed by atoms with Crippen LogP contribution >= 0.6 is 0 Å². The van der Waals surface area contributed by atoms with Gasteiger partial charge in [0.25, 0.3) is 14.3 Å². The second-order valence-electron chi connectivity index (χ2n) is 10.7. The molecule has 0 fully saturated rings. The zero-order valence-electron chi connectivity index (χ0n) is 22.4. The fourth-order valence-electron chi connectivity index (χ4n) is 5.16. The first-order valence-corrected chi connectivity index (χ1v) is 17.8. The largest absolute Gasteiger partial charge is 0.518 e. The summed E-state index contributed by atoms with van der Waals surface area (Å²) < 4.78 is 12.5. The Morgan fingerprint density at radius 3 is 1.94 bits per heavy atom. The van der Waals surface area contributed by atoms with Crippen LogP contribution in [0.1, 0.15) is 61.8 Å². The molecule has 1 unspecified atom stereocenters. The number of hydrogen-bond acceptors (Lipinski definition) is 4. The fourth-order valence-corrected chi connectivity index (χ4v) is 12.3. The van der Waals surface area contributed by atoms with Crippen molar-refractivity contribution in [3.8, 4) is 0 Å². The van der Waals surface area contributed by atoms with Crippen molar-refractivity contribution in [2.45, 2.75) is 97.6 Å². The molecule has 0 heterocycles. The Bertz CT molecular complexity index is 655. The van der Waals surface area contributed by atoms with Crippen LogP contribution in [0.15, 0.2) is 30.3 Å². The van der Waals surface area contributed by atoms with Gasteiger partial charge in [-0.3, -0.25) is 4.79 Å². The van der Waals surface area contributed by atoms with E-state index in [1.807, 2.05) is 13.0 Å². The van der Waals surface area contributed by atoms with Gasteiger partial charge >= 0.3 is 0 Å². The number of rotatable bonds is 14. The molecule has 0 amide bonds. The number of hydrogen-bond donors (Lipinski definition) is 0. The number of nitrogens with zero attached hydrogens (tertiary/aromatic N) is 1. The van der Waals surface area contributed by atoms with E-state index in [2.05, 4.69) is 90.7 Å². The highest BCUT2D eigenvalue weighted by molar-refractivity contribution is 6.78. The van der Waals surface area contributed by atoms with E-state index in [0.29, 0.717) is 23.2 Å². The molecule has 0 saturated carbocycles. The molecule has 0 N–H and O–H groups in total. The topological polar surface area (TPSA) is 38.8 Å². The van der Waals surface area contributed by atoms with E-state index in [4.69, 9.17) is 8.85 Å². The number of para-hydroxylation sites is 1. The normalized spacial score (nSPS) is 13.7. The van der Waals surface area contributed by atoms with Crippen LogP contribution in [-0.4, -0.2) is 42.3 Å². The quantitative estimate of drug-likeness (QED) is 0.259. The molecular formula is C26H49NO3Si2. The summed E-state index contributed by atoms with van der Waals surface area (Å²) in [5.74, 6) is -0.201. The monoisotopic (exact) mass is 479 g/mol. The second kappa shape index (κ2) is 12.9. The molecule has 1 rings (SSSR count). The van der Waals surface area contributed by atoms with E-state index < -0.39 is 16.6 Å². The zero-order valence-corrected chi connectivity index (χ0v) is 24.4. The maximum Gasteiger partial charge on any atom is 0.297 e. The maximum absolute atomic E-state index is 13.3. The van der Waals surface area contributed by atoms with Crippen molar-refractivity contribution in [1.82, 2.24) is 0 Å². The molecule has 1 aromatic carbocycles. The molecule has 0 aromatic heterocycles. The van der Waals surface area contributed by atoms with Crippen molar-refractivity contribution in [3.63, 3.8) is 0 Å². The third-order valence-electron chi connectivity index (χ3n) is 6.74. The molecule has 0 saturated heterocycles. The highest BCUT2D eigenvalue weighted by Gasteiger charge is 2.48. The number of carbonyl (C=O) groups excluding carboxylic acids is 1. The minimum atomic E-state index is -2.22. The maximum atomic E-state index is 13.3. The molecule has 1 aromatic rings. The van der Waals surface area contributed by atoms with Gasteiger partial charge in [-0.15, -0.1) is 0 Å². The van der Waals surface area contributed by atoms with Gasteiger partial charge in [-0.1, -0.05) is 66.7 Å². The molecule has 0 aliphatic carbocycles. The summed E-state index contributed by atoms with van der Waals surface area (Å²) in [6, 6.07) is 11.6. The van der Waals surface area contributed by atoms with Gasteiger partial charge in [0.2, 0.25) is 0 Å². The Balaban J connectivity index is 2.95. The molecule has 32 heavy (non-hydrogen) atoms. The van der Waals surface area contributed by atoms with Crippen LogP contribution < -0.4 is 4.90 Å². The predicted molar refractivity (Wildman–Crippen MR) is 143 cm³/mol. The van der Waals surface area contributed by atoms with Crippen LogP contribution in [0.4, 0.5) is 5.69 Å². The van der Waals surface area contributed by atoms with Gasteiger partial charge < -0.3 is 13.8 Å². The highest BCUT2D eigenvalue weighted by Crippen LogP contribution is 2.42. The van der Waals surface area contributed by atoms with E-state index in [9.17, 15) is 4.79 Å². The summed E-state index contributed by atoms with van der Waals surface area (Å²) >= 11 is 0. The molecule has 0 aliphatic heterocycles. The van der Waals surface area contributed by atoms with Crippen LogP contribution in [-0.2, 0) is 13.6 Å². The van der Waals surface area contributed by atoms with Gasteiger partial charge in [-0.05, 0) is 61.2 Å². The predicted octanol–water partition coefficient (Wildman–Crippen LogP) is 7.48. The van der Waals surface area contributed by atoms with Crippen LogP contribution in [0.2, 0.25) is 35.8 Å². The lowest BCUT2D eigenvalue weighted by molar-refractivity contribution is -0.139. The third-order valence-corrected chi connectivity index (χ3v) is 15.3. The molecular weight excluding hydrogens is 430 g/mol. The average Bonchev–Trinajstić information content (AvgIpc) is 2.70. The van der Waals surface area contributed by atoms with E-state index >= 15 is 0 Å². The Morgan fingerprint density at radius 2 is 1.47 bits per heavy atom. The Morgan fingerprint density at radius 1 is 0.938 bits per heavy atom. The smallest absolute Gasteiger partial charge is 0.297 e. The van der Waals surface area contributed by atoms with E-state index in [1.54, 1.807) is 0 Å². The van der Waals surface area contributed by atoms with E-state index in [-0.39, 0.29) is 11.9 Å². The lowest BCUT2D eigenvalue weighted by Crippen LogP contribution is -2.50. The Labute approximate surface area is 200 Å². The van der Waals surface area contributed by atoms with Gasteiger partial charge in [-0.2, -0.15) is 0 Å². The number of carbonyl (C=O) groups is 1. The molecule has 0 spiro atoms. The molecule has 184 valence electrons. The molecule has 0 aliphatic rings. The first-order valence-electron chi connectivity index (χ1n) is 12.5. The van der Waals surface area contributed by atoms with Gasteiger partial charge in [0.15, 0.2) is 8.32 Å². The van der Waals surface area contributed by atoms with Crippen molar-refractivity contribution in [2.75, 3.05) is 24.6 Å². The highest BCUT2D eigenvalue weighted by atomic mass is 28.4. The van der Waals surface area contributed by atoms with Crippen LogP contribution in [0.3, 0.4) is 0 Å². The van der Waals surface area contributed by atoms with Gasteiger partial charge in [0.05, 0.1) is 5.92 Å². The number of anilines is 1. The summed E-state index contributed by atoms with van der Waals surface area (Å²) in [5, 5.41) is 0. The first kappa shape index (κ1) is 28.9. The van der Waals surface area contributed by atoms with Gasteiger partial charge in [-0.25, -0.2) is 0 Å². The van der Waals surface area contributed by atoms with Crippen molar-refractivity contribution in [1.29, 1.82) is 0 Å². The second-order valence-corrected chi connectivity index (χ2v) is 20.4. The summed E-state index contributed by atoms with van der Waals surface area (Å²) in [5.41, 5.74) is 2.36. The molecule has 0 radical (unpaired) electrons. The SMILES string of the molecule is CCO[Si](C)(C)CCCN(CC(C)C(=O)O[Si](C(C)C)(C(C)C)C(C)C)c1ccccc1. The van der Waals surface area contributed by atoms with E-state index in [1.165, 1.54) is 5.69 Å². The van der Waals surface area contributed by atoms with Crippen molar-refractivity contribution in [2.24, 2.45) is 5.92 Å². The summed E-state index contributed by atoms with van der Waals surface area (Å²) in [4.78, 5) is 15.7. The van der Waals surface area contributed by atoms with Crippen LogP contribution in [0, 0.1) is 5.92 Å². The molecule has 1 atom stereocenters. The van der Waals surface area contributed by atoms with Gasteiger partial charge in [0.1, 0.15) is 0 Å². The lowest BCUT2D eigenvalue weighted by atomic mass is 10.1. The summed E-state index contributed by atoms with van der Waals surface area (Å²) in [7, 11) is -3.84. The third kappa shape index (κ3) is 8.03. The fraction of sp³-hybridized carbons (Fsp3) is 0.731. The minimum absolute atomic E-state index is 0.0299. The number of benzene rings is 1.